The Hall–Kier alpha value is -2.32. The third-order valence-corrected chi connectivity index (χ3v) is 5.14. The van der Waals surface area contributed by atoms with Crippen LogP contribution in [0.4, 0.5) is 4.39 Å². The molecular formula is C19H22FN3O3S. The van der Waals surface area contributed by atoms with Crippen LogP contribution in [0.25, 0.3) is 0 Å². The van der Waals surface area contributed by atoms with E-state index in [0.29, 0.717) is 25.3 Å². The molecule has 8 heteroatoms. The predicted molar refractivity (Wildman–Crippen MR) is 99.7 cm³/mol. The Bertz CT molecular complexity index is 811. The zero-order chi connectivity index (χ0) is 19.2. The number of benzene rings is 1. The van der Waals surface area contributed by atoms with Gasteiger partial charge in [-0.15, -0.1) is 11.3 Å². The molecule has 1 aromatic heterocycles. The molecule has 3 rings (SSSR count). The smallest absolute Gasteiger partial charge is 0.242 e. The summed E-state index contributed by atoms with van der Waals surface area (Å²) in [5.74, 6) is -0.828. The van der Waals surface area contributed by atoms with Crippen LogP contribution in [0.2, 0.25) is 0 Å². The summed E-state index contributed by atoms with van der Waals surface area (Å²) in [4.78, 5) is 30.2. The van der Waals surface area contributed by atoms with E-state index in [1.165, 1.54) is 12.1 Å². The number of aryl methyl sites for hydroxylation is 1. The Balaban J connectivity index is 1.37. The van der Waals surface area contributed by atoms with Gasteiger partial charge in [0.05, 0.1) is 36.4 Å². The average molecular weight is 391 g/mol. The van der Waals surface area contributed by atoms with Crippen LogP contribution in [0, 0.1) is 12.7 Å². The van der Waals surface area contributed by atoms with Crippen molar-refractivity contribution >= 4 is 23.2 Å². The minimum atomic E-state index is -0.382. The lowest BCUT2D eigenvalue weighted by atomic mass is 10.1. The topological polar surface area (TPSA) is 71.5 Å². The molecule has 0 aliphatic carbocycles. The van der Waals surface area contributed by atoms with Gasteiger partial charge < -0.3 is 15.0 Å². The number of nitrogens with one attached hydrogen (secondary N) is 1. The van der Waals surface area contributed by atoms with Crippen LogP contribution >= 0.6 is 11.3 Å². The number of halogens is 1. The number of ether oxygens (including phenoxy) is 1. The molecule has 6 nitrogen and oxygen atoms in total. The number of carbonyl (C=O) groups is 2. The van der Waals surface area contributed by atoms with Crippen LogP contribution in [-0.4, -0.2) is 47.4 Å². The van der Waals surface area contributed by atoms with Gasteiger partial charge in [0.2, 0.25) is 11.8 Å². The van der Waals surface area contributed by atoms with Crippen molar-refractivity contribution in [3.05, 3.63) is 51.7 Å². The molecule has 0 saturated carbocycles. The molecule has 2 aromatic rings. The summed E-state index contributed by atoms with van der Waals surface area (Å²) in [5, 5.41) is 5.58. The number of thiazole rings is 1. The summed E-state index contributed by atoms with van der Waals surface area (Å²) in [6.45, 7) is 3.46. The van der Waals surface area contributed by atoms with E-state index in [9.17, 15) is 14.0 Å². The first-order chi connectivity index (χ1) is 13.0. The monoisotopic (exact) mass is 391 g/mol. The van der Waals surface area contributed by atoms with Crippen molar-refractivity contribution in [1.82, 2.24) is 15.2 Å². The van der Waals surface area contributed by atoms with Crippen molar-refractivity contribution in [1.29, 1.82) is 0 Å². The van der Waals surface area contributed by atoms with Gasteiger partial charge in [0.25, 0.3) is 0 Å². The summed E-state index contributed by atoms with van der Waals surface area (Å²) in [6.07, 6.45) is 0.801. The number of rotatable bonds is 7. The molecule has 0 spiro atoms. The van der Waals surface area contributed by atoms with E-state index < -0.39 is 0 Å². The lowest BCUT2D eigenvalue weighted by Crippen LogP contribution is -2.40. The van der Waals surface area contributed by atoms with Crippen LogP contribution in [0.15, 0.2) is 29.6 Å². The molecule has 2 heterocycles. The van der Waals surface area contributed by atoms with Crippen LogP contribution in [0.3, 0.4) is 0 Å². The van der Waals surface area contributed by atoms with Crippen LogP contribution in [0.1, 0.15) is 22.7 Å². The zero-order valence-corrected chi connectivity index (χ0v) is 15.9. The van der Waals surface area contributed by atoms with Crippen LogP contribution < -0.4 is 5.32 Å². The molecule has 0 radical (unpaired) electrons. The number of hydrogen-bond acceptors (Lipinski definition) is 5. The minimum absolute atomic E-state index is 0.0149. The molecule has 1 aliphatic rings. The molecule has 0 bridgehead atoms. The van der Waals surface area contributed by atoms with Gasteiger partial charge in [0.15, 0.2) is 0 Å². The van der Waals surface area contributed by atoms with E-state index in [1.807, 2.05) is 12.3 Å². The molecule has 1 saturated heterocycles. The molecule has 1 fully saturated rings. The first-order valence-corrected chi connectivity index (χ1v) is 9.69. The molecule has 0 unspecified atom stereocenters. The second-order valence-corrected chi connectivity index (χ2v) is 7.56. The SMILES string of the molecule is Cc1nc(CO[C@H]2CCN(C(=O)CNC(=O)Cc3cccc(F)c3)C2)cs1. The maximum Gasteiger partial charge on any atom is 0.242 e. The van der Waals surface area contributed by atoms with Gasteiger partial charge in [-0.1, -0.05) is 12.1 Å². The van der Waals surface area contributed by atoms with Gasteiger partial charge in [0, 0.05) is 18.5 Å². The van der Waals surface area contributed by atoms with E-state index in [0.717, 1.165) is 17.1 Å². The van der Waals surface area contributed by atoms with Crippen molar-refractivity contribution in [2.24, 2.45) is 0 Å². The Kier molecular flexibility index (Phi) is 6.52. The summed E-state index contributed by atoms with van der Waals surface area (Å²) < 4.78 is 19.0. The van der Waals surface area contributed by atoms with Crippen LogP contribution in [0.5, 0.6) is 0 Å². The second kappa shape index (κ2) is 9.05. The molecule has 144 valence electrons. The van der Waals surface area contributed by atoms with Gasteiger partial charge >= 0.3 is 0 Å². The third-order valence-electron chi connectivity index (χ3n) is 4.32. The Morgan fingerprint density at radius 3 is 3.04 bits per heavy atom. The van der Waals surface area contributed by atoms with E-state index in [-0.39, 0.29) is 36.7 Å². The fourth-order valence-corrected chi connectivity index (χ4v) is 3.55. The van der Waals surface area contributed by atoms with Crippen molar-refractivity contribution in [3.8, 4) is 0 Å². The van der Waals surface area contributed by atoms with E-state index in [2.05, 4.69) is 10.3 Å². The molecule has 1 aliphatic heterocycles. The van der Waals surface area contributed by atoms with Crippen molar-refractivity contribution in [2.75, 3.05) is 19.6 Å². The molecule has 27 heavy (non-hydrogen) atoms. The van der Waals surface area contributed by atoms with Gasteiger partial charge in [-0.3, -0.25) is 9.59 Å². The quantitative estimate of drug-likeness (QED) is 0.784. The van der Waals surface area contributed by atoms with Gasteiger partial charge in [-0.05, 0) is 31.0 Å². The zero-order valence-electron chi connectivity index (χ0n) is 15.1. The molecular weight excluding hydrogens is 369 g/mol. The Labute approximate surface area is 161 Å². The van der Waals surface area contributed by atoms with Crippen molar-refractivity contribution in [3.63, 3.8) is 0 Å². The van der Waals surface area contributed by atoms with E-state index in [1.54, 1.807) is 28.4 Å². The van der Waals surface area contributed by atoms with Gasteiger partial charge in [-0.25, -0.2) is 9.37 Å². The Morgan fingerprint density at radius 1 is 1.44 bits per heavy atom. The third kappa shape index (κ3) is 5.83. The summed E-state index contributed by atoms with van der Waals surface area (Å²) in [7, 11) is 0. The lowest BCUT2D eigenvalue weighted by Gasteiger charge is -2.17. The number of hydrogen-bond donors (Lipinski definition) is 1. The molecule has 1 aromatic carbocycles. The minimum Gasteiger partial charge on any atom is -0.370 e. The number of nitrogens with zero attached hydrogens (tertiary/aromatic N) is 2. The maximum atomic E-state index is 13.1. The molecule has 2 amide bonds. The molecule has 1 atom stereocenters. The summed E-state index contributed by atoms with van der Waals surface area (Å²) in [5.41, 5.74) is 1.48. The standard InChI is InChI=1S/C19H22FN3O3S/c1-13-22-16(12-27-13)11-26-17-5-6-23(10-17)19(25)9-21-18(24)8-14-3-2-4-15(20)7-14/h2-4,7,12,17H,5-6,8-11H2,1H3,(H,21,24)/t17-/m0/s1. The summed E-state index contributed by atoms with van der Waals surface area (Å²) >= 11 is 1.59. The van der Waals surface area contributed by atoms with E-state index >= 15 is 0 Å². The van der Waals surface area contributed by atoms with Crippen molar-refractivity contribution in [2.45, 2.75) is 32.5 Å². The highest BCUT2D eigenvalue weighted by atomic mass is 32.1. The lowest BCUT2D eigenvalue weighted by molar-refractivity contribution is -0.132. The van der Waals surface area contributed by atoms with Crippen molar-refractivity contribution < 1.29 is 18.7 Å². The highest BCUT2D eigenvalue weighted by molar-refractivity contribution is 7.09. The number of aromatic nitrogens is 1. The first kappa shape index (κ1) is 19.4. The van der Waals surface area contributed by atoms with Gasteiger partial charge in [-0.2, -0.15) is 0 Å². The first-order valence-electron chi connectivity index (χ1n) is 8.81. The number of amides is 2. The molecule has 1 N–H and O–H groups in total. The maximum absolute atomic E-state index is 13.1. The average Bonchev–Trinajstić information content (AvgIpc) is 3.27. The number of likely N-dealkylation sites (tertiary alicyclic amines) is 1. The largest absolute Gasteiger partial charge is 0.370 e. The second-order valence-electron chi connectivity index (χ2n) is 6.50. The fraction of sp³-hybridized carbons (Fsp3) is 0.421. The number of carbonyl (C=O) groups excluding carboxylic acids is 2. The van der Waals surface area contributed by atoms with Gasteiger partial charge in [0.1, 0.15) is 5.82 Å². The highest BCUT2D eigenvalue weighted by Crippen LogP contribution is 2.16. The van der Waals surface area contributed by atoms with Crippen LogP contribution in [-0.2, 0) is 27.4 Å². The normalized spacial score (nSPS) is 16.5. The predicted octanol–water partition coefficient (Wildman–Crippen LogP) is 2.07. The fourth-order valence-electron chi connectivity index (χ4n) is 2.95. The van der Waals surface area contributed by atoms with E-state index in [4.69, 9.17) is 4.74 Å². The summed E-state index contributed by atoms with van der Waals surface area (Å²) in [6, 6.07) is 5.87. The Morgan fingerprint density at radius 2 is 2.30 bits per heavy atom. The highest BCUT2D eigenvalue weighted by Gasteiger charge is 2.27.